The van der Waals surface area contributed by atoms with Gasteiger partial charge in [-0.15, -0.1) is 0 Å². The van der Waals surface area contributed by atoms with Crippen molar-refractivity contribution in [2.45, 2.75) is 52.5 Å². The van der Waals surface area contributed by atoms with Gasteiger partial charge in [-0.25, -0.2) is 0 Å². The number of ether oxygens (including phenoxy) is 1. The predicted molar refractivity (Wildman–Crippen MR) is 91.8 cm³/mol. The van der Waals surface area contributed by atoms with Crippen LogP contribution in [0.25, 0.3) is 0 Å². The molecule has 0 spiro atoms. The second-order valence-corrected chi connectivity index (χ2v) is 7.45. The number of unbranched alkanes of at least 4 members (excludes halogenated alkanes) is 1. The Morgan fingerprint density at radius 1 is 1.30 bits per heavy atom. The lowest BCUT2D eigenvalue weighted by atomic mass is 9.68. The molecule has 2 aliphatic rings. The molecule has 0 aromatic heterocycles. The molecule has 0 saturated heterocycles. The van der Waals surface area contributed by atoms with Crippen molar-refractivity contribution in [3.63, 3.8) is 0 Å². The van der Waals surface area contributed by atoms with Crippen LogP contribution in [-0.2, 0) is 4.79 Å². The molecule has 1 aromatic rings. The van der Waals surface area contributed by atoms with E-state index in [-0.39, 0.29) is 17.4 Å². The molecule has 0 amide bonds. The molecular weight excluding hydrogens is 288 g/mol. The molecule has 1 heterocycles. The Kier molecular flexibility index (Phi) is 4.42. The maximum atomic E-state index is 12.6. The van der Waals surface area contributed by atoms with E-state index in [2.05, 4.69) is 31.3 Å². The number of Topliss-reactive ketones (excluding diaryl/α,β-unsaturated/α-hetero) is 1. The molecule has 4 heteroatoms. The number of ketones is 1. The van der Waals surface area contributed by atoms with Crippen LogP contribution in [0, 0.1) is 11.3 Å². The standard InChI is InChI=1S/C19H26N2O2/c1-4-5-10-23-14-8-6-13(7-9-14)18-17-15(20-21-18)11-19(2,3)12-16(17)22/h6-9,15,17,20H,4-5,10-12H2,1-3H3/t15-,17-/m1/s1. The molecule has 0 bridgehead atoms. The van der Waals surface area contributed by atoms with Gasteiger partial charge < -0.3 is 10.2 Å². The minimum absolute atomic E-state index is 0.0627. The molecule has 1 N–H and O–H groups in total. The monoisotopic (exact) mass is 314 g/mol. The molecule has 1 aromatic carbocycles. The highest BCUT2D eigenvalue weighted by atomic mass is 16.5. The first-order chi connectivity index (χ1) is 11.0. The van der Waals surface area contributed by atoms with E-state index in [1.54, 1.807) is 0 Å². The molecule has 0 radical (unpaired) electrons. The molecular formula is C19H26N2O2. The second kappa shape index (κ2) is 6.34. The van der Waals surface area contributed by atoms with Crippen LogP contribution in [0.2, 0.25) is 0 Å². The van der Waals surface area contributed by atoms with Gasteiger partial charge in [0.2, 0.25) is 0 Å². The third-order valence-corrected chi connectivity index (χ3v) is 4.74. The number of nitrogens with zero attached hydrogens (tertiary/aromatic N) is 1. The summed E-state index contributed by atoms with van der Waals surface area (Å²) in [6.45, 7) is 7.21. The smallest absolute Gasteiger partial charge is 0.144 e. The number of hydrazone groups is 1. The first-order valence-electron chi connectivity index (χ1n) is 8.59. The average molecular weight is 314 g/mol. The Bertz CT molecular complexity index is 604. The van der Waals surface area contributed by atoms with E-state index < -0.39 is 0 Å². The Hall–Kier alpha value is -1.84. The van der Waals surface area contributed by atoms with Gasteiger partial charge in [-0.05, 0) is 48.1 Å². The van der Waals surface area contributed by atoms with Gasteiger partial charge in [0.15, 0.2) is 0 Å². The Labute approximate surface area is 138 Å². The molecule has 1 aliphatic carbocycles. The van der Waals surface area contributed by atoms with Gasteiger partial charge in [0, 0.05) is 6.42 Å². The molecule has 0 unspecified atom stereocenters. The Morgan fingerprint density at radius 3 is 2.74 bits per heavy atom. The normalized spacial score (nSPS) is 25.5. The summed E-state index contributed by atoms with van der Waals surface area (Å²) in [7, 11) is 0. The van der Waals surface area contributed by atoms with Crippen LogP contribution in [0.15, 0.2) is 29.4 Å². The summed E-state index contributed by atoms with van der Waals surface area (Å²) < 4.78 is 5.70. The molecule has 124 valence electrons. The van der Waals surface area contributed by atoms with Crippen LogP contribution < -0.4 is 10.2 Å². The third-order valence-electron chi connectivity index (χ3n) is 4.74. The molecule has 4 nitrogen and oxygen atoms in total. The van der Waals surface area contributed by atoms with Crippen molar-refractivity contribution in [3.8, 4) is 5.75 Å². The summed E-state index contributed by atoms with van der Waals surface area (Å²) in [6, 6.07) is 8.10. The molecule has 1 saturated carbocycles. The zero-order valence-corrected chi connectivity index (χ0v) is 14.3. The van der Waals surface area contributed by atoms with Crippen molar-refractivity contribution in [3.05, 3.63) is 29.8 Å². The highest BCUT2D eigenvalue weighted by molar-refractivity contribution is 6.15. The lowest BCUT2D eigenvalue weighted by Crippen LogP contribution is -2.45. The van der Waals surface area contributed by atoms with Crippen molar-refractivity contribution in [2.24, 2.45) is 16.4 Å². The summed E-state index contributed by atoms with van der Waals surface area (Å²) in [6.07, 6.45) is 3.80. The summed E-state index contributed by atoms with van der Waals surface area (Å²) in [5.74, 6) is 1.08. The summed E-state index contributed by atoms with van der Waals surface area (Å²) >= 11 is 0. The molecule has 1 fully saturated rings. The fourth-order valence-corrected chi connectivity index (χ4v) is 3.58. The van der Waals surface area contributed by atoms with Gasteiger partial charge in [0.05, 0.1) is 24.3 Å². The number of hydrogen-bond donors (Lipinski definition) is 1. The van der Waals surface area contributed by atoms with Crippen molar-refractivity contribution in [1.82, 2.24) is 5.43 Å². The van der Waals surface area contributed by atoms with E-state index in [1.807, 2.05) is 24.3 Å². The number of benzene rings is 1. The third kappa shape index (κ3) is 3.41. The summed E-state index contributed by atoms with van der Waals surface area (Å²) in [5.41, 5.74) is 5.15. The van der Waals surface area contributed by atoms with Crippen molar-refractivity contribution >= 4 is 11.5 Å². The Balaban J connectivity index is 1.71. The number of carbonyl (C=O) groups is 1. The molecule has 23 heavy (non-hydrogen) atoms. The number of carbonyl (C=O) groups excluding carboxylic acids is 1. The summed E-state index contributed by atoms with van der Waals surface area (Å²) in [5, 5.41) is 4.48. The highest BCUT2D eigenvalue weighted by Gasteiger charge is 2.46. The Morgan fingerprint density at radius 2 is 2.04 bits per heavy atom. The van der Waals surface area contributed by atoms with Crippen LogP contribution in [0.5, 0.6) is 5.75 Å². The van der Waals surface area contributed by atoms with Gasteiger partial charge in [0.1, 0.15) is 11.5 Å². The molecule has 2 atom stereocenters. The van der Waals surface area contributed by atoms with Crippen LogP contribution >= 0.6 is 0 Å². The first-order valence-corrected chi connectivity index (χ1v) is 8.59. The number of rotatable bonds is 5. The fourth-order valence-electron chi connectivity index (χ4n) is 3.58. The van der Waals surface area contributed by atoms with Crippen LogP contribution in [0.3, 0.4) is 0 Å². The fraction of sp³-hybridized carbons (Fsp3) is 0.579. The molecule has 3 rings (SSSR count). The van der Waals surface area contributed by atoms with Crippen LogP contribution in [-0.4, -0.2) is 24.1 Å². The van der Waals surface area contributed by atoms with E-state index in [0.29, 0.717) is 12.2 Å². The second-order valence-electron chi connectivity index (χ2n) is 7.45. The number of hydrogen-bond acceptors (Lipinski definition) is 4. The van der Waals surface area contributed by atoms with E-state index in [0.717, 1.165) is 42.9 Å². The largest absolute Gasteiger partial charge is 0.494 e. The van der Waals surface area contributed by atoms with Gasteiger partial charge in [-0.2, -0.15) is 5.10 Å². The predicted octanol–water partition coefficient (Wildman–Crippen LogP) is 3.55. The van der Waals surface area contributed by atoms with Gasteiger partial charge >= 0.3 is 0 Å². The van der Waals surface area contributed by atoms with Gasteiger partial charge in [-0.3, -0.25) is 4.79 Å². The van der Waals surface area contributed by atoms with Gasteiger partial charge in [0.25, 0.3) is 0 Å². The summed E-state index contributed by atoms with van der Waals surface area (Å²) in [4.78, 5) is 12.6. The van der Waals surface area contributed by atoms with Crippen LogP contribution in [0.1, 0.15) is 52.0 Å². The van der Waals surface area contributed by atoms with Crippen molar-refractivity contribution in [2.75, 3.05) is 6.61 Å². The van der Waals surface area contributed by atoms with Crippen LogP contribution in [0.4, 0.5) is 0 Å². The quantitative estimate of drug-likeness (QED) is 0.846. The zero-order chi connectivity index (χ0) is 16.4. The van der Waals surface area contributed by atoms with Gasteiger partial charge in [-0.1, -0.05) is 27.2 Å². The van der Waals surface area contributed by atoms with E-state index in [1.165, 1.54) is 0 Å². The lowest BCUT2D eigenvalue weighted by molar-refractivity contribution is -0.126. The number of fused-ring (bicyclic) bond motifs is 1. The van der Waals surface area contributed by atoms with E-state index in [9.17, 15) is 4.79 Å². The van der Waals surface area contributed by atoms with Crippen molar-refractivity contribution in [1.29, 1.82) is 0 Å². The number of nitrogens with one attached hydrogen (secondary N) is 1. The topological polar surface area (TPSA) is 50.7 Å². The lowest BCUT2D eigenvalue weighted by Gasteiger charge is -2.36. The average Bonchev–Trinajstić information content (AvgIpc) is 2.91. The minimum atomic E-state index is -0.102. The SMILES string of the molecule is CCCCOc1ccc(C2=NN[C@@H]3CC(C)(C)CC(=O)[C@H]23)cc1. The maximum Gasteiger partial charge on any atom is 0.144 e. The van der Waals surface area contributed by atoms with E-state index in [4.69, 9.17) is 4.74 Å². The zero-order valence-electron chi connectivity index (χ0n) is 14.3. The maximum absolute atomic E-state index is 12.6. The first kappa shape index (κ1) is 16.0. The van der Waals surface area contributed by atoms with E-state index >= 15 is 0 Å². The highest BCUT2D eigenvalue weighted by Crippen LogP contribution is 2.39. The molecule has 1 aliphatic heterocycles. The minimum Gasteiger partial charge on any atom is -0.494 e. The van der Waals surface area contributed by atoms with Crippen molar-refractivity contribution < 1.29 is 9.53 Å².